The van der Waals surface area contributed by atoms with Crippen molar-refractivity contribution in [2.75, 3.05) is 12.8 Å². The molecule has 16 heavy (non-hydrogen) atoms. The first kappa shape index (κ1) is 14.4. The van der Waals surface area contributed by atoms with Gasteiger partial charge in [-0.3, -0.25) is 0 Å². The number of hydrogen-bond donors (Lipinski definition) is 1. The molecule has 0 aromatic heterocycles. The first-order valence-electron chi connectivity index (χ1n) is 6.80. The van der Waals surface area contributed by atoms with E-state index < -0.39 is 0 Å². The van der Waals surface area contributed by atoms with Crippen molar-refractivity contribution in [1.29, 1.82) is 0 Å². The molecule has 96 valence electrons. The maximum absolute atomic E-state index is 3.75. The van der Waals surface area contributed by atoms with Gasteiger partial charge in [-0.2, -0.15) is 11.8 Å². The maximum Gasteiger partial charge on any atom is 0.00672 e. The zero-order chi connectivity index (χ0) is 12.0. The van der Waals surface area contributed by atoms with Gasteiger partial charge in [-0.25, -0.2) is 0 Å². The van der Waals surface area contributed by atoms with Crippen molar-refractivity contribution in [1.82, 2.24) is 5.32 Å². The summed E-state index contributed by atoms with van der Waals surface area (Å²) in [4.78, 5) is 0. The minimum Gasteiger partial charge on any atom is -0.314 e. The van der Waals surface area contributed by atoms with E-state index in [2.05, 4.69) is 32.3 Å². The van der Waals surface area contributed by atoms with Crippen LogP contribution in [0.5, 0.6) is 0 Å². The van der Waals surface area contributed by atoms with E-state index in [0.717, 1.165) is 11.3 Å². The Labute approximate surface area is 106 Å². The van der Waals surface area contributed by atoms with Crippen LogP contribution in [0.25, 0.3) is 0 Å². The Kier molecular flexibility index (Phi) is 6.20. The lowest BCUT2D eigenvalue weighted by molar-refractivity contribution is 0.310. The van der Waals surface area contributed by atoms with Crippen LogP contribution < -0.4 is 5.32 Å². The molecule has 0 aliphatic heterocycles. The summed E-state index contributed by atoms with van der Waals surface area (Å²) < 4.78 is 0. The fourth-order valence-corrected chi connectivity index (χ4v) is 2.83. The lowest BCUT2D eigenvalue weighted by Gasteiger charge is -2.22. The summed E-state index contributed by atoms with van der Waals surface area (Å²) in [7, 11) is 0. The number of thioether (sulfide) groups is 1. The van der Waals surface area contributed by atoms with Crippen LogP contribution in [0.1, 0.15) is 59.3 Å². The second kappa shape index (κ2) is 6.90. The molecule has 0 saturated heterocycles. The second-order valence-corrected chi connectivity index (χ2v) is 7.36. The van der Waals surface area contributed by atoms with E-state index in [0.29, 0.717) is 5.41 Å². The Bertz CT molecular complexity index is 191. The smallest absolute Gasteiger partial charge is 0.00672 e. The van der Waals surface area contributed by atoms with E-state index in [1.54, 1.807) is 0 Å². The van der Waals surface area contributed by atoms with Crippen LogP contribution in [0, 0.1) is 5.41 Å². The van der Waals surface area contributed by atoms with Crippen LogP contribution in [0.4, 0.5) is 0 Å². The van der Waals surface area contributed by atoms with E-state index in [1.807, 2.05) is 11.8 Å². The molecule has 2 unspecified atom stereocenters. The van der Waals surface area contributed by atoms with E-state index in [1.165, 1.54) is 45.1 Å². The van der Waals surface area contributed by atoms with E-state index in [-0.39, 0.29) is 0 Å². The molecule has 1 nitrogen and oxygen atoms in total. The topological polar surface area (TPSA) is 12.0 Å². The van der Waals surface area contributed by atoms with Gasteiger partial charge in [0, 0.05) is 11.3 Å². The lowest BCUT2D eigenvalue weighted by atomic mass is 9.85. The van der Waals surface area contributed by atoms with Crippen LogP contribution in [-0.4, -0.2) is 24.1 Å². The zero-order valence-corrected chi connectivity index (χ0v) is 12.3. The summed E-state index contributed by atoms with van der Waals surface area (Å²) in [5.74, 6) is 0. The highest BCUT2D eigenvalue weighted by molar-refractivity contribution is 7.99. The van der Waals surface area contributed by atoms with Crippen molar-refractivity contribution >= 4 is 11.8 Å². The largest absolute Gasteiger partial charge is 0.314 e. The van der Waals surface area contributed by atoms with Gasteiger partial charge in [0.2, 0.25) is 0 Å². The van der Waals surface area contributed by atoms with Gasteiger partial charge in [-0.15, -0.1) is 0 Å². The SMILES string of the molecule is CSC(C)CCNC1CCCC(C)(C)CC1. The van der Waals surface area contributed by atoms with Gasteiger partial charge in [-0.05, 0) is 50.3 Å². The van der Waals surface area contributed by atoms with Crippen LogP contribution in [-0.2, 0) is 0 Å². The molecule has 0 aromatic rings. The molecule has 0 heterocycles. The van der Waals surface area contributed by atoms with Crippen molar-refractivity contribution in [2.45, 2.75) is 70.6 Å². The summed E-state index contributed by atoms with van der Waals surface area (Å²) in [6.45, 7) is 8.37. The van der Waals surface area contributed by atoms with Gasteiger partial charge in [-0.1, -0.05) is 27.2 Å². The van der Waals surface area contributed by atoms with Gasteiger partial charge in [0.25, 0.3) is 0 Å². The minimum atomic E-state index is 0.586. The standard InChI is InChI=1S/C14H29NS/c1-12(16-4)8-11-15-13-6-5-9-14(2,3)10-7-13/h12-13,15H,5-11H2,1-4H3. The van der Waals surface area contributed by atoms with Gasteiger partial charge in [0.15, 0.2) is 0 Å². The van der Waals surface area contributed by atoms with Crippen LogP contribution in [0.2, 0.25) is 0 Å². The summed E-state index contributed by atoms with van der Waals surface area (Å²) in [5, 5.41) is 4.55. The molecule has 0 bridgehead atoms. The molecule has 2 atom stereocenters. The maximum atomic E-state index is 3.75. The molecule has 0 aromatic carbocycles. The molecule has 0 spiro atoms. The Morgan fingerprint density at radius 2 is 2.06 bits per heavy atom. The van der Waals surface area contributed by atoms with Crippen LogP contribution >= 0.6 is 11.8 Å². The van der Waals surface area contributed by atoms with Crippen LogP contribution in [0.15, 0.2) is 0 Å². The summed E-state index contributed by atoms with van der Waals surface area (Å²) in [6.07, 6.45) is 10.5. The highest BCUT2D eigenvalue weighted by atomic mass is 32.2. The first-order valence-corrected chi connectivity index (χ1v) is 8.08. The Balaban J connectivity index is 2.18. The van der Waals surface area contributed by atoms with Crippen molar-refractivity contribution in [3.8, 4) is 0 Å². The first-order chi connectivity index (χ1) is 7.53. The lowest BCUT2D eigenvalue weighted by Crippen LogP contribution is -2.30. The molecule has 1 aliphatic carbocycles. The molecule has 2 heteroatoms. The second-order valence-electron chi connectivity index (χ2n) is 6.08. The van der Waals surface area contributed by atoms with Gasteiger partial charge >= 0.3 is 0 Å². The third-order valence-electron chi connectivity index (χ3n) is 3.96. The summed E-state index contributed by atoms with van der Waals surface area (Å²) in [6, 6.07) is 0.788. The number of hydrogen-bond acceptors (Lipinski definition) is 2. The van der Waals surface area contributed by atoms with Gasteiger partial charge in [0.1, 0.15) is 0 Å². The third-order valence-corrected chi connectivity index (χ3v) is 5.00. The fourth-order valence-electron chi connectivity index (χ4n) is 2.47. The fraction of sp³-hybridized carbons (Fsp3) is 1.00. The molecule has 1 N–H and O–H groups in total. The normalized spacial score (nSPS) is 27.4. The Morgan fingerprint density at radius 3 is 2.75 bits per heavy atom. The molecule has 0 radical (unpaired) electrons. The highest BCUT2D eigenvalue weighted by Gasteiger charge is 2.23. The number of nitrogens with one attached hydrogen (secondary N) is 1. The van der Waals surface area contributed by atoms with E-state index in [4.69, 9.17) is 0 Å². The van der Waals surface area contributed by atoms with E-state index in [9.17, 15) is 0 Å². The van der Waals surface area contributed by atoms with Crippen LogP contribution in [0.3, 0.4) is 0 Å². The summed E-state index contributed by atoms with van der Waals surface area (Å²) in [5.41, 5.74) is 0.586. The average Bonchev–Trinajstić information content (AvgIpc) is 2.40. The molecule has 0 amide bonds. The minimum absolute atomic E-state index is 0.586. The molecule has 1 aliphatic rings. The zero-order valence-electron chi connectivity index (χ0n) is 11.5. The van der Waals surface area contributed by atoms with Gasteiger partial charge in [0.05, 0.1) is 0 Å². The highest BCUT2D eigenvalue weighted by Crippen LogP contribution is 2.33. The van der Waals surface area contributed by atoms with Crippen molar-refractivity contribution in [3.05, 3.63) is 0 Å². The predicted octanol–water partition coefficient (Wildman–Crippen LogP) is 4.08. The Morgan fingerprint density at radius 1 is 1.31 bits per heavy atom. The molecule has 1 saturated carbocycles. The predicted molar refractivity (Wildman–Crippen MR) is 76.3 cm³/mol. The molecular formula is C14H29NS. The van der Waals surface area contributed by atoms with Gasteiger partial charge < -0.3 is 5.32 Å². The number of rotatable bonds is 5. The molecule has 1 rings (SSSR count). The van der Waals surface area contributed by atoms with Crippen molar-refractivity contribution in [3.63, 3.8) is 0 Å². The quantitative estimate of drug-likeness (QED) is 0.730. The third kappa shape index (κ3) is 5.58. The van der Waals surface area contributed by atoms with E-state index >= 15 is 0 Å². The molecule has 1 fully saturated rings. The van der Waals surface area contributed by atoms with Crippen molar-refractivity contribution < 1.29 is 0 Å². The summed E-state index contributed by atoms with van der Waals surface area (Å²) >= 11 is 1.98. The Hall–Kier alpha value is 0.310. The van der Waals surface area contributed by atoms with Crippen molar-refractivity contribution in [2.24, 2.45) is 5.41 Å². The average molecular weight is 243 g/mol. The monoisotopic (exact) mass is 243 g/mol. The molecular weight excluding hydrogens is 214 g/mol.